The smallest absolute Gasteiger partial charge is 0.191 e. The number of nitrogens with zero attached hydrogens (tertiary/aromatic N) is 2. The summed E-state index contributed by atoms with van der Waals surface area (Å²) in [6.07, 6.45) is 0. The Bertz CT molecular complexity index is 819. The molecule has 2 aromatic rings. The van der Waals surface area contributed by atoms with E-state index in [4.69, 9.17) is 14.2 Å². The van der Waals surface area contributed by atoms with Crippen LogP contribution < -0.4 is 25.0 Å². The minimum Gasteiger partial charge on any atom is -0.493 e. The quantitative estimate of drug-likeness (QED) is 0.552. The van der Waals surface area contributed by atoms with Gasteiger partial charge in [0, 0.05) is 38.9 Å². The van der Waals surface area contributed by atoms with Gasteiger partial charge in [-0.2, -0.15) is 0 Å². The fraction of sp³-hybridized carbons (Fsp3) is 0.409. The second kappa shape index (κ2) is 10.6. The van der Waals surface area contributed by atoms with Gasteiger partial charge in [-0.15, -0.1) is 0 Å². The zero-order valence-corrected chi connectivity index (χ0v) is 17.4. The van der Waals surface area contributed by atoms with Gasteiger partial charge >= 0.3 is 0 Å². The predicted molar refractivity (Wildman–Crippen MR) is 116 cm³/mol. The molecule has 0 bridgehead atoms. The Morgan fingerprint density at radius 3 is 2.45 bits per heavy atom. The van der Waals surface area contributed by atoms with Gasteiger partial charge in [-0.1, -0.05) is 24.3 Å². The molecule has 1 saturated heterocycles. The normalized spacial score (nSPS) is 14.4. The van der Waals surface area contributed by atoms with Crippen molar-refractivity contribution in [2.24, 2.45) is 4.99 Å². The molecule has 0 unspecified atom stereocenters. The van der Waals surface area contributed by atoms with Crippen molar-refractivity contribution in [2.75, 3.05) is 52.5 Å². The molecule has 0 saturated carbocycles. The van der Waals surface area contributed by atoms with Gasteiger partial charge in [0.25, 0.3) is 0 Å². The maximum absolute atomic E-state index is 5.48. The highest BCUT2D eigenvalue weighted by molar-refractivity contribution is 5.79. The molecule has 0 spiro atoms. The first-order valence-corrected chi connectivity index (χ1v) is 9.81. The number of ether oxygens (including phenoxy) is 3. The van der Waals surface area contributed by atoms with Crippen LogP contribution in [0.1, 0.15) is 11.1 Å². The zero-order chi connectivity index (χ0) is 20.5. The number of hydrogen-bond acceptors (Lipinski definition) is 5. The van der Waals surface area contributed by atoms with Gasteiger partial charge in [-0.05, 0) is 29.3 Å². The lowest BCUT2D eigenvalue weighted by atomic mass is 10.1. The molecule has 2 N–H and O–H groups in total. The maximum Gasteiger partial charge on any atom is 0.191 e. The van der Waals surface area contributed by atoms with E-state index in [0.717, 1.165) is 43.6 Å². The fourth-order valence-electron chi connectivity index (χ4n) is 3.35. The minimum atomic E-state index is 0.630. The van der Waals surface area contributed by atoms with Crippen LogP contribution >= 0.6 is 0 Å². The standard InChI is InChI=1S/C22H30N4O3/c1-23-22(24-15-17-8-9-20(27-2)21(14-17)28-3)25-16-18-6-4-5-7-19(18)26-10-12-29-13-11-26/h4-9,14H,10-13,15-16H2,1-3H3,(H2,23,24,25). The third-order valence-corrected chi connectivity index (χ3v) is 4.92. The number of hydrogen-bond donors (Lipinski definition) is 2. The molecule has 0 amide bonds. The number of benzene rings is 2. The number of morpholine rings is 1. The Hall–Kier alpha value is -2.93. The van der Waals surface area contributed by atoms with Crippen LogP contribution in [0.2, 0.25) is 0 Å². The van der Waals surface area contributed by atoms with E-state index in [1.807, 2.05) is 18.2 Å². The first-order valence-electron chi connectivity index (χ1n) is 9.81. The number of guanidine groups is 1. The molecule has 7 nitrogen and oxygen atoms in total. The van der Waals surface area contributed by atoms with Crippen LogP contribution in [-0.4, -0.2) is 53.5 Å². The molecule has 29 heavy (non-hydrogen) atoms. The summed E-state index contributed by atoms with van der Waals surface area (Å²) in [5, 5.41) is 6.76. The van der Waals surface area contributed by atoms with Crippen molar-refractivity contribution in [1.82, 2.24) is 10.6 Å². The summed E-state index contributed by atoms with van der Waals surface area (Å²) in [6, 6.07) is 14.4. The molecular formula is C22H30N4O3. The molecule has 3 rings (SSSR count). The van der Waals surface area contributed by atoms with E-state index in [1.165, 1.54) is 11.3 Å². The van der Waals surface area contributed by atoms with Crippen molar-refractivity contribution < 1.29 is 14.2 Å². The van der Waals surface area contributed by atoms with Gasteiger partial charge in [-0.3, -0.25) is 4.99 Å². The van der Waals surface area contributed by atoms with E-state index in [1.54, 1.807) is 21.3 Å². The molecule has 0 aromatic heterocycles. The Labute approximate surface area is 172 Å². The topological polar surface area (TPSA) is 67.4 Å². The van der Waals surface area contributed by atoms with E-state index < -0.39 is 0 Å². The molecule has 7 heteroatoms. The number of rotatable bonds is 7. The highest BCUT2D eigenvalue weighted by atomic mass is 16.5. The summed E-state index contributed by atoms with van der Waals surface area (Å²) in [4.78, 5) is 6.72. The summed E-state index contributed by atoms with van der Waals surface area (Å²) < 4.78 is 16.1. The Morgan fingerprint density at radius 2 is 1.72 bits per heavy atom. The van der Waals surface area contributed by atoms with Gasteiger partial charge in [0.2, 0.25) is 0 Å². The number of anilines is 1. The molecule has 1 fully saturated rings. The van der Waals surface area contributed by atoms with Crippen LogP contribution in [0.15, 0.2) is 47.5 Å². The number of nitrogens with one attached hydrogen (secondary N) is 2. The average molecular weight is 399 g/mol. The van der Waals surface area contributed by atoms with E-state index in [2.05, 4.69) is 44.8 Å². The molecule has 156 valence electrons. The van der Waals surface area contributed by atoms with Gasteiger partial charge in [0.15, 0.2) is 17.5 Å². The number of methoxy groups -OCH3 is 2. The summed E-state index contributed by atoms with van der Waals surface area (Å²) in [5.74, 6) is 2.18. The fourth-order valence-corrected chi connectivity index (χ4v) is 3.35. The highest BCUT2D eigenvalue weighted by Gasteiger charge is 2.14. The first kappa shape index (κ1) is 20.8. The van der Waals surface area contributed by atoms with Crippen molar-refractivity contribution in [3.05, 3.63) is 53.6 Å². The molecule has 1 heterocycles. The van der Waals surface area contributed by atoms with Crippen molar-refractivity contribution in [3.8, 4) is 11.5 Å². The summed E-state index contributed by atoms with van der Waals surface area (Å²) in [6.45, 7) is 4.71. The summed E-state index contributed by atoms with van der Waals surface area (Å²) >= 11 is 0. The third-order valence-electron chi connectivity index (χ3n) is 4.92. The van der Waals surface area contributed by atoms with E-state index in [0.29, 0.717) is 18.8 Å². The van der Waals surface area contributed by atoms with Crippen molar-refractivity contribution in [3.63, 3.8) is 0 Å². The van der Waals surface area contributed by atoms with Crippen LogP contribution in [0.4, 0.5) is 5.69 Å². The number of aliphatic imine (C=N–C) groups is 1. The van der Waals surface area contributed by atoms with Crippen molar-refractivity contribution in [1.29, 1.82) is 0 Å². The van der Waals surface area contributed by atoms with Crippen LogP contribution in [0.25, 0.3) is 0 Å². The molecule has 0 radical (unpaired) electrons. The van der Waals surface area contributed by atoms with Gasteiger partial charge in [0.05, 0.1) is 27.4 Å². The molecule has 0 aliphatic carbocycles. The van der Waals surface area contributed by atoms with Gasteiger partial charge in [-0.25, -0.2) is 0 Å². The van der Waals surface area contributed by atoms with Gasteiger partial charge < -0.3 is 29.7 Å². The second-order valence-electron chi connectivity index (χ2n) is 6.70. The van der Waals surface area contributed by atoms with Crippen LogP contribution in [0, 0.1) is 0 Å². The lowest BCUT2D eigenvalue weighted by molar-refractivity contribution is 0.122. The van der Waals surface area contributed by atoms with Crippen LogP contribution in [-0.2, 0) is 17.8 Å². The third kappa shape index (κ3) is 5.54. The second-order valence-corrected chi connectivity index (χ2v) is 6.70. The summed E-state index contributed by atoms with van der Waals surface area (Å²) in [7, 11) is 5.05. The van der Waals surface area contributed by atoms with E-state index in [-0.39, 0.29) is 0 Å². The molecule has 1 aliphatic rings. The average Bonchev–Trinajstić information content (AvgIpc) is 2.79. The molecular weight excluding hydrogens is 368 g/mol. The zero-order valence-electron chi connectivity index (χ0n) is 17.4. The Morgan fingerprint density at radius 1 is 1.00 bits per heavy atom. The monoisotopic (exact) mass is 398 g/mol. The lowest BCUT2D eigenvalue weighted by Gasteiger charge is -2.30. The lowest BCUT2D eigenvalue weighted by Crippen LogP contribution is -2.38. The van der Waals surface area contributed by atoms with E-state index >= 15 is 0 Å². The first-order chi connectivity index (χ1) is 14.2. The summed E-state index contributed by atoms with van der Waals surface area (Å²) in [5.41, 5.74) is 3.57. The van der Waals surface area contributed by atoms with Gasteiger partial charge in [0.1, 0.15) is 0 Å². The molecule has 2 aromatic carbocycles. The molecule has 0 atom stereocenters. The molecule has 1 aliphatic heterocycles. The maximum atomic E-state index is 5.48. The Balaban J connectivity index is 1.59. The minimum absolute atomic E-state index is 0.630. The Kier molecular flexibility index (Phi) is 7.58. The largest absolute Gasteiger partial charge is 0.493 e. The van der Waals surface area contributed by atoms with E-state index in [9.17, 15) is 0 Å². The highest BCUT2D eigenvalue weighted by Crippen LogP contribution is 2.27. The van der Waals surface area contributed by atoms with Crippen LogP contribution in [0.3, 0.4) is 0 Å². The van der Waals surface area contributed by atoms with Crippen molar-refractivity contribution >= 4 is 11.6 Å². The SMILES string of the molecule is CN=C(NCc1ccc(OC)c(OC)c1)NCc1ccccc1N1CCOCC1. The predicted octanol–water partition coefficient (Wildman–Crippen LogP) is 2.41. The van der Waals surface area contributed by atoms with Crippen molar-refractivity contribution in [2.45, 2.75) is 13.1 Å². The number of para-hydroxylation sites is 1. The van der Waals surface area contributed by atoms with Crippen LogP contribution in [0.5, 0.6) is 11.5 Å².